The third-order valence-corrected chi connectivity index (χ3v) is 7.37. The van der Waals surface area contributed by atoms with Crippen LogP contribution in [0.25, 0.3) is 0 Å². The molecule has 3 aromatic rings. The summed E-state index contributed by atoms with van der Waals surface area (Å²) in [6.07, 6.45) is 2.75. The van der Waals surface area contributed by atoms with Crippen LogP contribution >= 0.6 is 0 Å². The van der Waals surface area contributed by atoms with Gasteiger partial charge in [0.2, 0.25) is 0 Å². The monoisotopic (exact) mass is 467 g/mol. The fourth-order valence-electron chi connectivity index (χ4n) is 5.42. The fraction of sp³-hybridized carbons (Fsp3) is 0.333. The molecule has 3 aromatic carbocycles. The van der Waals surface area contributed by atoms with E-state index in [9.17, 15) is 10.1 Å². The highest BCUT2D eigenvalue weighted by atomic mass is 16.5. The van der Waals surface area contributed by atoms with E-state index < -0.39 is 0 Å². The van der Waals surface area contributed by atoms with Gasteiger partial charge >= 0.3 is 5.97 Å². The van der Waals surface area contributed by atoms with Crippen molar-refractivity contribution in [2.24, 2.45) is 0 Å². The number of carbonyl (C=O) groups excluding carboxylic acids is 1. The van der Waals surface area contributed by atoms with E-state index in [0.29, 0.717) is 13.0 Å². The number of hydrogen-bond acceptors (Lipinski definition) is 5. The van der Waals surface area contributed by atoms with Crippen molar-refractivity contribution in [2.45, 2.75) is 51.6 Å². The molecule has 5 rings (SSSR count). The van der Waals surface area contributed by atoms with Gasteiger partial charge in [-0.25, -0.2) is 0 Å². The number of rotatable bonds is 6. The maximum atomic E-state index is 11.7. The molecule has 5 nitrogen and oxygen atoms in total. The number of nitrogens with zero attached hydrogens (tertiary/aromatic N) is 1. The molecule has 0 saturated carbocycles. The highest BCUT2D eigenvalue weighted by molar-refractivity contribution is 5.71. The lowest BCUT2D eigenvalue weighted by atomic mass is 9.89. The van der Waals surface area contributed by atoms with Crippen LogP contribution in [0, 0.1) is 25.2 Å². The average molecular weight is 468 g/mol. The minimum absolute atomic E-state index is 0.00978. The van der Waals surface area contributed by atoms with Crippen molar-refractivity contribution in [3.63, 3.8) is 0 Å². The standard InChI is InChI=1S/C30H29NO4/c1-18-5-4-6-19(2)26(18)15-27-20(16-31)7-9-25-24(27)11-12-28(25)35-22-8-10-23-21(13-30(32)33-3)17-34-29(23)14-22/h4-10,14,21,28H,11-13,15,17H2,1-3H3/t21?,28-/m1/s1. The molecule has 0 amide bonds. The van der Waals surface area contributed by atoms with E-state index in [4.69, 9.17) is 14.2 Å². The van der Waals surface area contributed by atoms with Crippen LogP contribution < -0.4 is 9.47 Å². The summed E-state index contributed by atoms with van der Waals surface area (Å²) in [7, 11) is 1.41. The molecule has 1 heterocycles. The first-order valence-corrected chi connectivity index (χ1v) is 12.1. The van der Waals surface area contributed by atoms with Crippen LogP contribution in [-0.4, -0.2) is 19.7 Å². The third kappa shape index (κ3) is 4.37. The largest absolute Gasteiger partial charge is 0.492 e. The average Bonchev–Trinajstić information content (AvgIpc) is 3.45. The molecule has 2 atom stereocenters. The molecular weight excluding hydrogens is 438 g/mol. The number of hydrogen-bond donors (Lipinski definition) is 0. The second kappa shape index (κ2) is 9.46. The van der Waals surface area contributed by atoms with Crippen molar-refractivity contribution in [1.29, 1.82) is 5.26 Å². The second-order valence-electron chi connectivity index (χ2n) is 9.45. The van der Waals surface area contributed by atoms with Crippen LogP contribution in [0.1, 0.15) is 69.4 Å². The maximum absolute atomic E-state index is 11.7. The number of esters is 1. The molecule has 1 aliphatic carbocycles. The van der Waals surface area contributed by atoms with Gasteiger partial charge in [0.25, 0.3) is 0 Å². The zero-order valence-electron chi connectivity index (χ0n) is 20.4. The number of nitriles is 1. The van der Waals surface area contributed by atoms with E-state index in [2.05, 4.69) is 44.2 Å². The van der Waals surface area contributed by atoms with Gasteiger partial charge in [-0.3, -0.25) is 4.79 Å². The summed E-state index contributed by atoms with van der Waals surface area (Å²) >= 11 is 0. The summed E-state index contributed by atoms with van der Waals surface area (Å²) in [5.41, 5.74) is 9.08. The quantitative estimate of drug-likeness (QED) is 0.424. The van der Waals surface area contributed by atoms with Gasteiger partial charge in [-0.15, -0.1) is 0 Å². The van der Waals surface area contributed by atoms with E-state index in [-0.39, 0.29) is 18.0 Å². The lowest BCUT2D eigenvalue weighted by Gasteiger charge is -2.18. The molecule has 0 saturated heterocycles. The summed E-state index contributed by atoms with van der Waals surface area (Å²) in [4.78, 5) is 11.7. The van der Waals surface area contributed by atoms with Gasteiger partial charge in [0, 0.05) is 17.5 Å². The highest BCUT2D eigenvalue weighted by Crippen LogP contribution is 2.42. The molecule has 2 aliphatic rings. The number of benzene rings is 3. The molecule has 1 aliphatic heterocycles. The predicted molar refractivity (Wildman–Crippen MR) is 133 cm³/mol. The van der Waals surface area contributed by atoms with Gasteiger partial charge in [-0.05, 0) is 78.6 Å². The normalized spacial score (nSPS) is 17.8. The molecule has 0 spiro atoms. The van der Waals surface area contributed by atoms with Gasteiger partial charge in [-0.1, -0.05) is 30.3 Å². The molecule has 0 fully saturated rings. The Morgan fingerprint density at radius 1 is 1.09 bits per heavy atom. The third-order valence-electron chi connectivity index (χ3n) is 7.37. The molecule has 1 unspecified atom stereocenters. The second-order valence-corrected chi connectivity index (χ2v) is 9.45. The van der Waals surface area contributed by atoms with Gasteiger partial charge in [0.05, 0.1) is 31.8 Å². The highest BCUT2D eigenvalue weighted by Gasteiger charge is 2.30. The number of fused-ring (bicyclic) bond motifs is 2. The lowest BCUT2D eigenvalue weighted by Crippen LogP contribution is -2.09. The van der Waals surface area contributed by atoms with Gasteiger partial charge in [0.15, 0.2) is 0 Å². The van der Waals surface area contributed by atoms with Crippen LogP contribution in [0.5, 0.6) is 11.5 Å². The molecule has 0 N–H and O–H groups in total. The molecule has 178 valence electrons. The lowest BCUT2D eigenvalue weighted by molar-refractivity contribution is -0.141. The van der Waals surface area contributed by atoms with E-state index >= 15 is 0 Å². The zero-order valence-corrected chi connectivity index (χ0v) is 20.4. The number of ether oxygens (including phenoxy) is 3. The summed E-state index contributed by atoms with van der Waals surface area (Å²) < 4.78 is 17.1. The number of carbonyl (C=O) groups is 1. The van der Waals surface area contributed by atoms with Crippen molar-refractivity contribution in [3.05, 3.63) is 93.0 Å². The minimum atomic E-state index is -0.234. The van der Waals surface area contributed by atoms with Crippen LogP contribution in [0.2, 0.25) is 0 Å². The smallest absolute Gasteiger partial charge is 0.306 e. The van der Waals surface area contributed by atoms with Crippen LogP contribution in [-0.2, 0) is 22.4 Å². The van der Waals surface area contributed by atoms with Crippen LogP contribution in [0.15, 0.2) is 48.5 Å². The summed E-state index contributed by atoms with van der Waals surface area (Å²) in [6.45, 7) is 4.74. The van der Waals surface area contributed by atoms with E-state index in [1.807, 2.05) is 24.3 Å². The number of aryl methyl sites for hydroxylation is 2. The Balaban J connectivity index is 1.40. The maximum Gasteiger partial charge on any atom is 0.306 e. The summed E-state index contributed by atoms with van der Waals surface area (Å²) in [5.74, 6) is 1.30. The first-order valence-electron chi connectivity index (χ1n) is 12.1. The minimum Gasteiger partial charge on any atom is -0.492 e. The van der Waals surface area contributed by atoms with Crippen LogP contribution in [0.4, 0.5) is 0 Å². The predicted octanol–water partition coefficient (Wildman–Crippen LogP) is 5.87. The number of methoxy groups -OCH3 is 1. The molecule has 0 radical (unpaired) electrons. The van der Waals surface area contributed by atoms with Gasteiger partial charge in [-0.2, -0.15) is 5.26 Å². The van der Waals surface area contributed by atoms with Crippen LogP contribution in [0.3, 0.4) is 0 Å². The van der Waals surface area contributed by atoms with Crippen molar-refractivity contribution < 1.29 is 19.0 Å². The SMILES string of the molecule is COC(=O)CC1COc2cc(O[C@@H]3CCc4c3ccc(C#N)c4Cc3c(C)cccc3C)ccc21. The summed E-state index contributed by atoms with van der Waals surface area (Å²) in [5, 5.41) is 9.82. The van der Waals surface area contributed by atoms with E-state index in [1.165, 1.54) is 29.4 Å². The Labute approximate surface area is 206 Å². The van der Waals surface area contributed by atoms with E-state index in [0.717, 1.165) is 53.0 Å². The Hall–Kier alpha value is -3.78. The first-order chi connectivity index (χ1) is 17.0. The van der Waals surface area contributed by atoms with Crippen molar-refractivity contribution in [3.8, 4) is 17.6 Å². The zero-order chi connectivity index (χ0) is 24.5. The fourth-order valence-corrected chi connectivity index (χ4v) is 5.42. The Morgan fingerprint density at radius 3 is 2.60 bits per heavy atom. The molecular formula is C30H29NO4. The molecule has 0 bridgehead atoms. The molecule has 5 heteroatoms. The topological polar surface area (TPSA) is 68.6 Å². The summed E-state index contributed by atoms with van der Waals surface area (Å²) in [6, 6.07) is 18.6. The molecule has 35 heavy (non-hydrogen) atoms. The van der Waals surface area contributed by atoms with E-state index in [1.54, 1.807) is 0 Å². The first kappa shape index (κ1) is 23.0. The Bertz CT molecular complexity index is 1320. The van der Waals surface area contributed by atoms with Gasteiger partial charge < -0.3 is 14.2 Å². The van der Waals surface area contributed by atoms with Crippen molar-refractivity contribution >= 4 is 5.97 Å². The molecule has 0 aromatic heterocycles. The van der Waals surface area contributed by atoms with Gasteiger partial charge in [0.1, 0.15) is 17.6 Å². The Morgan fingerprint density at radius 2 is 1.86 bits per heavy atom. The van der Waals surface area contributed by atoms with Crippen molar-refractivity contribution in [1.82, 2.24) is 0 Å². The van der Waals surface area contributed by atoms with Crippen molar-refractivity contribution in [2.75, 3.05) is 13.7 Å². The Kier molecular flexibility index (Phi) is 6.21.